The van der Waals surface area contributed by atoms with Crippen LogP contribution in [0.3, 0.4) is 0 Å². The fourth-order valence-corrected chi connectivity index (χ4v) is 3.69. The van der Waals surface area contributed by atoms with Gasteiger partial charge in [0.1, 0.15) is 0 Å². The molecule has 5 heteroatoms. The molecule has 27 heavy (non-hydrogen) atoms. The topological polar surface area (TPSA) is 26.8 Å². The van der Waals surface area contributed by atoms with E-state index in [9.17, 15) is 4.79 Å². The van der Waals surface area contributed by atoms with Crippen molar-refractivity contribution in [1.82, 2.24) is 9.80 Å². The second-order valence-corrected chi connectivity index (χ2v) is 7.82. The summed E-state index contributed by atoms with van der Waals surface area (Å²) < 4.78 is 0. The van der Waals surface area contributed by atoms with E-state index in [1.807, 2.05) is 36.2 Å². The van der Waals surface area contributed by atoms with Crippen molar-refractivity contribution in [3.8, 4) is 0 Å². The van der Waals surface area contributed by atoms with E-state index in [0.717, 1.165) is 43.3 Å². The number of carbonyl (C=O) groups excluding carboxylic acids is 1. The van der Waals surface area contributed by atoms with Gasteiger partial charge < -0.3 is 9.80 Å². The van der Waals surface area contributed by atoms with Gasteiger partial charge in [-0.1, -0.05) is 35.9 Å². The van der Waals surface area contributed by atoms with Gasteiger partial charge in [0.2, 0.25) is 5.91 Å². The second kappa shape index (κ2) is 8.77. The lowest BCUT2D eigenvalue weighted by Gasteiger charge is -2.37. The molecule has 1 saturated heterocycles. The highest BCUT2D eigenvalue weighted by Gasteiger charge is 2.23. The van der Waals surface area contributed by atoms with Crippen LogP contribution in [0.2, 0.25) is 5.02 Å². The summed E-state index contributed by atoms with van der Waals surface area (Å²) in [6, 6.07) is 14.2. The average molecular weight is 386 g/mol. The minimum atomic E-state index is 0.201. The van der Waals surface area contributed by atoms with E-state index in [-0.39, 0.29) is 5.91 Å². The molecule has 0 aromatic heterocycles. The van der Waals surface area contributed by atoms with Crippen molar-refractivity contribution in [2.24, 2.45) is 0 Å². The number of benzene rings is 2. The molecule has 1 fully saturated rings. The highest BCUT2D eigenvalue weighted by atomic mass is 35.5. The third kappa shape index (κ3) is 5.02. The molecule has 0 aliphatic carbocycles. The molecule has 1 heterocycles. The molecular weight excluding hydrogens is 358 g/mol. The van der Waals surface area contributed by atoms with Crippen LogP contribution in [0.1, 0.15) is 16.7 Å². The van der Waals surface area contributed by atoms with Crippen LogP contribution in [0.5, 0.6) is 0 Å². The zero-order valence-electron chi connectivity index (χ0n) is 16.4. The summed E-state index contributed by atoms with van der Waals surface area (Å²) in [6.45, 7) is 8.83. The molecule has 1 aliphatic rings. The number of piperazine rings is 1. The summed E-state index contributed by atoms with van der Waals surface area (Å²) in [5.74, 6) is 0.201. The second-order valence-electron chi connectivity index (χ2n) is 7.39. The molecule has 0 N–H and O–H groups in total. The van der Waals surface area contributed by atoms with E-state index in [1.165, 1.54) is 16.8 Å². The molecule has 4 nitrogen and oxygen atoms in total. The first kappa shape index (κ1) is 19.7. The van der Waals surface area contributed by atoms with Crippen molar-refractivity contribution in [3.05, 3.63) is 64.2 Å². The van der Waals surface area contributed by atoms with Crippen molar-refractivity contribution < 1.29 is 4.79 Å². The van der Waals surface area contributed by atoms with Crippen LogP contribution in [-0.4, -0.2) is 55.5 Å². The molecule has 0 unspecified atom stereocenters. The van der Waals surface area contributed by atoms with Gasteiger partial charge in [-0.2, -0.15) is 0 Å². The van der Waals surface area contributed by atoms with Gasteiger partial charge in [0.15, 0.2) is 0 Å². The number of aryl methyl sites for hydroxylation is 1. The largest absolute Gasteiger partial charge is 0.368 e. The molecule has 0 radical (unpaired) electrons. The summed E-state index contributed by atoms with van der Waals surface area (Å²) in [7, 11) is 1.98. The minimum Gasteiger partial charge on any atom is -0.368 e. The van der Waals surface area contributed by atoms with Crippen molar-refractivity contribution in [3.63, 3.8) is 0 Å². The molecule has 1 aliphatic heterocycles. The number of hydrogen-bond acceptors (Lipinski definition) is 3. The maximum Gasteiger partial charge on any atom is 0.236 e. The minimum absolute atomic E-state index is 0.201. The Hall–Kier alpha value is -2.04. The van der Waals surface area contributed by atoms with Crippen LogP contribution in [0.4, 0.5) is 5.69 Å². The maximum atomic E-state index is 12.7. The fraction of sp³-hybridized carbons (Fsp3) is 0.409. The Balaban J connectivity index is 1.50. The zero-order valence-corrected chi connectivity index (χ0v) is 17.2. The van der Waals surface area contributed by atoms with E-state index >= 15 is 0 Å². The summed E-state index contributed by atoms with van der Waals surface area (Å²) in [5.41, 5.74) is 5.10. The Morgan fingerprint density at radius 1 is 1.04 bits per heavy atom. The monoisotopic (exact) mass is 385 g/mol. The molecular formula is C22H28ClN3O. The third-order valence-corrected chi connectivity index (χ3v) is 5.57. The number of amides is 1. The first-order valence-corrected chi connectivity index (χ1v) is 9.84. The lowest BCUT2D eigenvalue weighted by molar-refractivity contribution is -0.132. The Bertz CT molecular complexity index is 783. The number of halogens is 1. The van der Waals surface area contributed by atoms with Gasteiger partial charge in [0.25, 0.3) is 0 Å². The van der Waals surface area contributed by atoms with Crippen molar-refractivity contribution in [2.75, 3.05) is 44.7 Å². The van der Waals surface area contributed by atoms with Crippen LogP contribution in [-0.2, 0) is 11.3 Å². The van der Waals surface area contributed by atoms with Crippen molar-refractivity contribution in [2.45, 2.75) is 20.4 Å². The Morgan fingerprint density at radius 3 is 2.37 bits per heavy atom. The van der Waals surface area contributed by atoms with E-state index in [2.05, 4.69) is 41.8 Å². The first-order valence-electron chi connectivity index (χ1n) is 9.46. The van der Waals surface area contributed by atoms with Crippen LogP contribution >= 0.6 is 11.6 Å². The SMILES string of the molecule is Cc1cccc(N2CCN(C(=O)CN(C)Cc3ccc(Cl)cc3)CC2)c1C. The van der Waals surface area contributed by atoms with Gasteiger partial charge in [-0.15, -0.1) is 0 Å². The van der Waals surface area contributed by atoms with Crippen LogP contribution < -0.4 is 4.90 Å². The predicted octanol–water partition coefficient (Wildman–Crippen LogP) is 3.74. The summed E-state index contributed by atoms with van der Waals surface area (Å²) in [6.07, 6.45) is 0. The van der Waals surface area contributed by atoms with Gasteiger partial charge >= 0.3 is 0 Å². The molecule has 0 spiro atoms. The number of anilines is 1. The molecule has 0 saturated carbocycles. The Kier molecular flexibility index (Phi) is 6.40. The number of carbonyl (C=O) groups is 1. The van der Waals surface area contributed by atoms with Gasteiger partial charge in [0, 0.05) is 43.4 Å². The lowest BCUT2D eigenvalue weighted by atomic mass is 10.1. The van der Waals surface area contributed by atoms with E-state index in [0.29, 0.717) is 6.54 Å². The molecule has 0 atom stereocenters. The standard InChI is InChI=1S/C22H28ClN3O/c1-17-5-4-6-21(18(17)2)25-11-13-26(14-12-25)22(27)16-24(3)15-19-7-9-20(23)10-8-19/h4-10H,11-16H2,1-3H3. The lowest BCUT2D eigenvalue weighted by Crippen LogP contribution is -2.51. The number of likely N-dealkylation sites (N-methyl/N-ethyl adjacent to an activating group) is 1. The fourth-order valence-electron chi connectivity index (χ4n) is 3.56. The highest BCUT2D eigenvalue weighted by molar-refractivity contribution is 6.30. The molecule has 144 valence electrons. The molecule has 1 amide bonds. The summed E-state index contributed by atoms with van der Waals surface area (Å²) in [4.78, 5) is 19.1. The quantitative estimate of drug-likeness (QED) is 0.784. The van der Waals surface area contributed by atoms with Crippen LogP contribution in [0.25, 0.3) is 0 Å². The Labute approximate surface area is 167 Å². The normalized spacial score (nSPS) is 14.7. The maximum absolute atomic E-state index is 12.7. The average Bonchev–Trinajstić information content (AvgIpc) is 2.66. The molecule has 2 aromatic carbocycles. The van der Waals surface area contributed by atoms with Gasteiger partial charge in [-0.3, -0.25) is 9.69 Å². The molecule has 0 bridgehead atoms. The smallest absolute Gasteiger partial charge is 0.236 e. The predicted molar refractivity (Wildman–Crippen MR) is 112 cm³/mol. The van der Waals surface area contributed by atoms with Crippen LogP contribution in [0, 0.1) is 13.8 Å². The number of hydrogen-bond donors (Lipinski definition) is 0. The molecule has 3 rings (SSSR count). The highest BCUT2D eigenvalue weighted by Crippen LogP contribution is 2.24. The zero-order chi connectivity index (χ0) is 19.4. The van der Waals surface area contributed by atoms with Crippen molar-refractivity contribution >= 4 is 23.2 Å². The van der Waals surface area contributed by atoms with E-state index < -0.39 is 0 Å². The van der Waals surface area contributed by atoms with Crippen LogP contribution in [0.15, 0.2) is 42.5 Å². The first-order chi connectivity index (χ1) is 12.9. The molecule has 2 aromatic rings. The Morgan fingerprint density at radius 2 is 1.70 bits per heavy atom. The van der Waals surface area contributed by atoms with Gasteiger partial charge in [-0.05, 0) is 55.8 Å². The van der Waals surface area contributed by atoms with Crippen molar-refractivity contribution in [1.29, 1.82) is 0 Å². The third-order valence-electron chi connectivity index (χ3n) is 5.32. The van der Waals surface area contributed by atoms with Gasteiger partial charge in [0.05, 0.1) is 6.54 Å². The van der Waals surface area contributed by atoms with E-state index in [1.54, 1.807) is 0 Å². The summed E-state index contributed by atoms with van der Waals surface area (Å²) >= 11 is 5.93. The summed E-state index contributed by atoms with van der Waals surface area (Å²) in [5, 5.41) is 0.735. The number of nitrogens with zero attached hydrogens (tertiary/aromatic N) is 3. The number of rotatable bonds is 5. The van der Waals surface area contributed by atoms with Gasteiger partial charge in [-0.25, -0.2) is 0 Å². The van der Waals surface area contributed by atoms with E-state index in [4.69, 9.17) is 11.6 Å².